The van der Waals surface area contributed by atoms with Crippen molar-refractivity contribution in [2.45, 2.75) is 45.6 Å². The van der Waals surface area contributed by atoms with Crippen LogP contribution in [0.15, 0.2) is 48.5 Å². The van der Waals surface area contributed by atoms with Crippen LogP contribution in [0.5, 0.6) is 5.75 Å². The Morgan fingerprint density at radius 1 is 1.09 bits per heavy atom. The van der Waals surface area contributed by atoms with Gasteiger partial charge in [0, 0.05) is 10.9 Å². The molecule has 7 heteroatoms. The third kappa shape index (κ3) is 6.23. The van der Waals surface area contributed by atoms with E-state index < -0.39 is 11.9 Å². The number of esters is 2. The lowest BCUT2D eigenvalue weighted by Gasteiger charge is -2.15. The summed E-state index contributed by atoms with van der Waals surface area (Å²) >= 11 is 6.40. The second-order valence-corrected chi connectivity index (χ2v) is 8.18. The van der Waals surface area contributed by atoms with Gasteiger partial charge in [0.15, 0.2) is 6.61 Å². The van der Waals surface area contributed by atoms with Crippen molar-refractivity contribution < 1.29 is 23.8 Å². The topological polar surface area (TPSA) is 74.7 Å². The number of unbranched alkanes of at least 4 members (excludes halogenated alkanes) is 2. The molecule has 0 radical (unpaired) electrons. The number of fused-ring (bicyclic) bond motifs is 1. The van der Waals surface area contributed by atoms with Gasteiger partial charge in [0.2, 0.25) is 0 Å². The van der Waals surface area contributed by atoms with Crippen LogP contribution in [-0.2, 0) is 14.3 Å². The number of carbonyl (C=O) groups excluding carboxylic acids is 2. The van der Waals surface area contributed by atoms with Gasteiger partial charge in [0.05, 0.1) is 29.5 Å². The summed E-state index contributed by atoms with van der Waals surface area (Å²) in [6.07, 6.45) is 3.89. The van der Waals surface area contributed by atoms with Crippen molar-refractivity contribution in [2.75, 3.05) is 13.7 Å². The highest BCUT2D eigenvalue weighted by Crippen LogP contribution is 2.35. The monoisotopic (exact) mass is 469 g/mol. The fourth-order valence-corrected chi connectivity index (χ4v) is 3.74. The van der Waals surface area contributed by atoms with E-state index in [0.29, 0.717) is 27.4 Å². The zero-order chi connectivity index (χ0) is 23.8. The summed E-state index contributed by atoms with van der Waals surface area (Å²) in [5.41, 5.74) is 1.91. The first kappa shape index (κ1) is 24.5. The molecule has 0 aliphatic rings. The molecule has 0 aliphatic heterocycles. The average Bonchev–Trinajstić information content (AvgIpc) is 2.83. The molecule has 3 aromatic rings. The van der Waals surface area contributed by atoms with Crippen LogP contribution in [0.3, 0.4) is 0 Å². The lowest BCUT2D eigenvalue weighted by molar-refractivity contribution is -0.150. The zero-order valence-corrected chi connectivity index (χ0v) is 19.9. The number of nitrogens with zero attached hydrogens (tertiary/aromatic N) is 1. The molecule has 0 bridgehead atoms. The fourth-order valence-electron chi connectivity index (χ4n) is 3.53. The molecule has 0 aliphatic carbocycles. The molecule has 1 atom stereocenters. The standard InChI is InChI=1S/C26H28ClNO5/c1-4-5-7-10-17(2)33-23(29)16-32-22-14-13-21(27)19-15-20(26(30)31-3)24(28-25(19)22)18-11-8-6-9-12-18/h6,8-9,11-15,17H,4-5,7,10,16H2,1-3H3. The molecule has 0 fully saturated rings. The molecule has 6 nitrogen and oxygen atoms in total. The summed E-state index contributed by atoms with van der Waals surface area (Å²) in [4.78, 5) is 29.4. The third-order valence-corrected chi connectivity index (χ3v) is 5.57. The molecule has 1 heterocycles. The summed E-state index contributed by atoms with van der Waals surface area (Å²) in [6.45, 7) is 3.76. The Balaban J connectivity index is 1.90. The van der Waals surface area contributed by atoms with E-state index in [0.717, 1.165) is 31.2 Å². The number of pyridine rings is 1. The van der Waals surface area contributed by atoms with Gasteiger partial charge in [-0.1, -0.05) is 61.7 Å². The largest absolute Gasteiger partial charge is 0.480 e. The SMILES string of the molecule is CCCCCC(C)OC(=O)COc1ccc(Cl)c2cc(C(=O)OC)c(-c3ccccc3)nc12. The Labute approximate surface area is 198 Å². The van der Waals surface area contributed by atoms with E-state index in [1.165, 1.54) is 7.11 Å². The van der Waals surface area contributed by atoms with Crippen molar-refractivity contribution in [2.24, 2.45) is 0 Å². The van der Waals surface area contributed by atoms with Crippen LogP contribution in [0.1, 0.15) is 49.9 Å². The van der Waals surface area contributed by atoms with Gasteiger partial charge in [-0.15, -0.1) is 0 Å². The average molecular weight is 470 g/mol. The van der Waals surface area contributed by atoms with Crippen molar-refractivity contribution in [3.05, 3.63) is 59.1 Å². The minimum Gasteiger partial charge on any atom is -0.480 e. The lowest BCUT2D eigenvalue weighted by Crippen LogP contribution is -2.20. The van der Waals surface area contributed by atoms with Crippen LogP contribution in [0, 0.1) is 0 Å². The predicted molar refractivity (Wildman–Crippen MR) is 129 cm³/mol. The molecule has 1 aromatic heterocycles. The Morgan fingerprint density at radius 3 is 2.55 bits per heavy atom. The second-order valence-electron chi connectivity index (χ2n) is 7.77. The molecule has 2 aromatic carbocycles. The summed E-state index contributed by atoms with van der Waals surface area (Å²) in [5, 5.41) is 0.928. The van der Waals surface area contributed by atoms with Gasteiger partial charge < -0.3 is 14.2 Å². The summed E-state index contributed by atoms with van der Waals surface area (Å²) < 4.78 is 16.2. The van der Waals surface area contributed by atoms with Gasteiger partial charge in [-0.05, 0) is 38.0 Å². The molecular formula is C26H28ClNO5. The van der Waals surface area contributed by atoms with Crippen LogP contribution in [-0.4, -0.2) is 36.7 Å². The number of hydrogen-bond donors (Lipinski definition) is 0. The van der Waals surface area contributed by atoms with E-state index in [2.05, 4.69) is 6.92 Å². The Morgan fingerprint density at radius 2 is 1.85 bits per heavy atom. The first-order valence-corrected chi connectivity index (χ1v) is 11.4. The lowest BCUT2D eigenvalue weighted by atomic mass is 10.0. The maximum atomic E-state index is 12.5. The third-order valence-electron chi connectivity index (χ3n) is 5.24. The predicted octanol–water partition coefficient (Wildman–Crippen LogP) is 6.23. The molecule has 3 rings (SSSR count). The van der Waals surface area contributed by atoms with E-state index in [1.54, 1.807) is 18.2 Å². The maximum Gasteiger partial charge on any atom is 0.344 e. The Kier molecular flexibility index (Phi) is 8.66. The summed E-state index contributed by atoms with van der Waals surface area (Å²) in [5.74, 6) is -0.596. The van der Waals surface area contributed by atoms with Gasteiger partial charge in [-0.25, -0.2) is 14.6 Å². The maximum absolute atomic E-state index is 12.5. The first-order valence-electron chi connectivity index (χ1n) is 11.0. The number of rotatable bonds is 10. The smallest absolute Gasteiger partial charge is 0.344 e. The molecule has 33 heavy (non-hydrogen) atoms. The molecular weight excluding hydrogens is 442 g/mol. The fraction of sp³-hybridized carbons (Fsp3) is 0.346. The Bertz CT molecular complexity index is 1120. The van der Waals surface area contributed by atoms with E-state index in [-0.39, 0.29) is 18.3 Å². The molecule has 0 N–H and O–H groups in total. The minimum atomic E-state index is -0.522. The molecule has 0 saturated carbocycles. The minimum absolute atomic E-state index is 0.167. The number of benzene rings is 2. The number of ether oxygens (including phenoxy) is 3. The van der Waals surface area contributed by atoms with Crippen LogP contribution in [0.2, 0.25) is 5.02 Å². The van der Waals surface area contributed by atoms with Crippen molar-refractivity contribution >= 4 is 34.4 Å². The van der Waals surface area contributed by atoms with Crippen molar-refractivity contribution in [3.63, 3.8) is 0 Å². The molecule has 1 unspecified atom stereocenters. The van der Waals surface area contributed by atoms with E-state index >= 15 is 0 Å². The number of halogens is 1. The molecule has 0 saturated heterocycles. The number of hydrogen-bond acceptors (Lipinski definition) is 6. The quantitative estimate of drug-likeness (QED) is 0.258. The van der Waals surface area contributed by atoms with Crippen LogP contribution in [0.4, 0.5) is 0 Å². The highest BCUT2D eigenvalue weighted by Gasteiger charge is 2.20. The van der Waals surface area contributed by atoms with E-state index in [4.69, 9.17) is 30.8 Å². The first-order chi connectivity index (χ1) is 15.9. The van der Waals surface area contributed by atoms with Crippen molar-refractivity contribution in [3.8, 4) is 17.0 Å². The number of aromatic nitrogens is 1. The summed E-state index contributed by atoms with van der Waals surface area (Å²) in [7, 11) is 1.32. The van der Waals surface area contributed by atoms with Gasteiger partial charge in [0.25, 0.3) is 0 Å². The summed E-state index contributed by atoms with van der Waals surface area (Å²) in [6, 6.07) is 14.2. The van der Waals surface area contributed by atoms with Crippen LogP contribution in [0.25, 0.3) is 22.2 Å². The van der Waals surface area contributed by atoms with Gasteiger partial charge in [-0.2, -0.15) is 0 Å². The van der Waals surface area contributed by atoms with Gasteiger partial charge in [-0.3, -0.25) is 0 Å². The zero-order valence-electron chi connectivity index (χ0n) is 19.1. The van der Waals surface area contributed by atoms with Gasteiger partial charge in [0.1, 0.15) is 11.3 Å². The Hall–Kier alpha value is -3.12. The van der Waals surface area contributed by atoms with Gasteiger partial charge >= 0.3 is 11.9 Å². The second kappa shape index (κ2) is 11.7. The molecule has 0 spiro atoms. The number of methoxy groups -OCH3 is 1. The normalized spacial score (nSPS) is 11.8. The highest BCUT2D eigenvalue weighted by atomic mass is 35.5. The van der Waals surface area contributed by atoms with E-state index in [9.17, 15) is 9.59 Å². The van der Waals surface area contributed by atoms with Crippen molar-refractivity contribution in [1.82, 2.24) is 4.98 Å². The van der Waals surface area contributed by atoms with Crippen LogP contribution < -0.4 is 4.74 Å². The molecule has 0 amide bonds. The van der Waals surface area contributed by atoms with Crippen molar-refractivity contribution in [1.29, 1.82) is 0 Å². The van der Waals surface area contributed by atoms with E-state index in [1.807, 2.05) is 37.3 Å². The molecule has 174 valence electrons. The highest BCUT2D eigenvalue weighted by molar-refractivity contribution is 6.35. The number of carbonyl (C=O) groups is 2. The van der Waals surface area contributed by atoms with Crippen LogP contribution >= 0.6 is 11.6 Å².